The minimum absolute atomic E-state index is 0.220. The quantitative estimate of drug-likeness (QED) is 0.814. The summed E-state index contributed by atoms with van der Waals surface area (Å²) in [5.74, 6) is 1.28. The first-order chi connectivity index (χ1) is 7.61. The summed E-state index contributed by atoms with van der Waals surface area (Å²) < 4.78 is 0. The van der Waals surface area contributed by atoms with Crippen LogP contribution < -0.4 is 4.90 Å². The number of aliphatic hydroxyl groups excluding tert-OH is 1. The molecular formula is C12H19N3O. The molecule has 16 heavy (non-hydrogen) atoms. The molecule has 0 amide bonds. The van der Waals surface area contributed by atoms with Crippen LogP contribution in [0.1, 0.15) is 25.2 Å². The molecule has 0 spiro atoms. The van der Waals surface area contributed by atoms with Crippen molar-refractivity contribution in [1.82, 2.24) is 9.97 Å². The lowest BCUT2D eigenvalue weighted by Gasteiger charge is -2.36. The monoisotopic (exact) mass is 221 g/mol. The first-order valence-corrected chi connectivity index (χ1v) is 5.81. The summed E-state index contributed by atoms with van der Waals surface area (Å²) in [4.78, 5) is 11.2. The lowest BCUT2D eigenvalue weighted by molar-refractivity contribution is 0.220. The lowest BCUT2D eigenvalue weighted by Crippen LogP contribution is -2.42. The normalized spacial score (nSPS) is 20.1. The van der Waals surface area contributed by atoms with Gasteiger partial charge >= 0.3 is 0 Å². The van der Waals surface area contributed by atoms with Gasteiger partial charge < -0.3 is 10.0 Å². The third kappa shape index (κ3) is 2.02. The van der Waals surface area contributed by atoms with Gasteiger partial charge in [0.2, 0.25) is 0 Å². The number of aromatic nitrogens is 2. The van der Waals surface area contributed by atoms with Crippen molar-refractivity contribution >= 4 is 5.82 Å². The second-order valence-electron chi connectivity index (χ2n) is 4.78. The predicted octanol–water partition coefficient (Wildman–Crippen LogP) is 1.16. The van der Waals surface area contributed by atoms with E-state index in [1.54, 1.807) is 6.20 Å². The number of aryl methyl sites for hydroxylation is 1. The maximum Gasteiger partial charge on any atom is 0.150 e. The van der Waals surface area contributed by atoms with Gasteiger partial charge in [0.1, 0.15) is 0 Å². The van der Waals surface area contributed by atoms with E-state index >= 15 is 0 Å². The molecule has 4 nitrogen and oxygen atoms in total. The number of aliphatic hydroxyl groups is 1. The van der Waals surface area contributed by atoms with E-state index < -0.39 is 0 Å². The van der Waals surface area contributed by atoms with E-state index in [0.717, 1.165) is 30.2 Å². The Kier molecular flexibility index (Phi) is 3.10. The van der Waals surface area contributed by atoms with Crippen LogP contribution in [0.15, 0.2) is 6.20 Å². The summed E-state index contributed by atoms with van der Waals surface area (Å²) in [6.07, 6.45) is 2.64. The summed E-state index contributed by atoms with van der Waals surface area (Å²) >= 11 is 0. The highest BCUT2D eigenvalue weighted by Crippen LogP contribution is 2.27. The molecule has 2 rings (SSSR count). The maximum atomic E-state index is 9.30. The van der Waals surface area contributed by atoms with Gasteiger partial charge in [-0.2, -0.15) is 0 Å². The van der Waals surface area contributed by atoms with Crippen LogP contribution in [0.25, 0.3) is 0 Å². The molecule has 1 aromatic heterocycles. The third-order valence-corrected chi connectivity index (χ3v) is 3.04. The van der Waals surface area contributed by atoms with Crippen molar-refractivity contribution in [1.29, 1.82) is 0 Å². The van der Waals surface area contributed by atoms with E-state index in [4.69, 9.17) is 0 Å². The molecule has 0 saturated carbocycles. The van der Waals surface area contributed by atoms with E-state index in [-0.39, 0.29) is 12.5 Å². The summed E-state index contributed by atoms with van der Waals surface area (Å²) in [7, 11) is 0. The van der Waals surface area contributed by atoms with Crippen molar-refractivity contribution in [2.75, 3.05) is 18.1 Å². The number of hydrogen-bond acceptors (Lipinski definition) is 4. The second-order valence-corrected chi connectivity index (χ2v) is 4.78. The number of fused-ring (bicyclic) bond motifs is 1. The maximum absolute atomic E-state index is 9.30. The van der Waals surface area contributed by atoms with E-state index in [1.165, 1.54) is 0 Å². The molecule has 4 heteroatoms. The molecule has 2 heterocycles. The molecule has 0 bridgehead atoms. The van der Waals surface area contributed by atoms with Gasteiger partial charge in [0.25, 0.3) is 0 Å². The Bertz CT molecular complexity index is 379. The molecule has 1 atom stereocenters. The SMILES string of the molecule is Cc1cnc2c(n1)N(C(C)C)CC(CO)C2. The van der Waals surface area contributed by atoms with E-state index in [0.29, 0.717) is 6.04 Å². The number of anilines is 1. The molecule has 0 saturated heterocycles. The van der Waals surface area contributed by atoms with Gasteiger partial charge in [0, 0.05) is 37.7 Å². The molecule has 88 valence electrons. The molecule has 0 fully saturated rings. The zero-order valence-corrected chi connectivity index (χ0v) is 10.1. The van der Waals surface area contributed by atoms with Crippen molar-refractivity contribution in [3.8, 4) is 0 Å². The largest absolute Gasteiger partial charge is 0.396 e. The summed E-state index contributed by atoms with van der Waals surface area (Å²) in [6, 6.07) is 0.393. The van der Waals surface area contributed by atoms with Crippen molar-refractivity contribution in [2.24, 2.45) is 5.92 Å². The highest BCUT2D eigenvalue weighted by atomic mass is 16.3. The number of nitrogens with zero attached hydrogens (tertiary/aromatic N) is 3. The third-order valence-electron chi connectivity index (χ3n) is 3.04. The Morgan fingerprint density at radius 1 is 1.56 bits per heavy atom. The summed E-state index contributed by atoms with van der Waals surface area (Å²) in [5.41, 5.74) is 1.97. The fraction of sp³-hybridized carbons (Fsp3) is 0.667. The van der Waals surface area contributed by atoms with Gasteiger partial charge in [-0.05, 0) is 20.8 Å². The molecule has 1 aliphatic rings. The van der Waals surface area contributed by atoms with E-state index in [1.807, 2.05) is 6.92 Å². The van der Waals surface area contributed by atoms with Crippen LogP contribution in [0, 0.1) is 12.8 Å². The van der Waals surface area contributed by atoms with Crippen LogP contribution in [0.2, 0.25) is 0 Å². The van der Waals surface area contributed by atoms with Gasteiger partial charge in [-0.1, -0.05) is 0 Å². The molecule has 1 aliphatic heterocycles. The van der Waals surface area contributed by atoms with Crippen molar-refractivity contribution in [3.05, 3.63) is 17.6 Å². The highest BCUT2D eigenvalue weighted by molar-refractivity contribution is 5.47. The van der Waals surface area contributed by atoms with Crippen LogP contribution in [-0.4, -0.2) is 34.3 Å². The Morgan fingerprint density at radius 3 is 2.94 bits per heavy atom. The van der Waals surface area contributed by atoms with Crippen molar-refractivity contribution in [2.45, 2.75) is 33.2 Å². The Balaban J connectivity index is 2.39. The van der Waals surface area contributed by atoms with Crippen LogP contribution in [-0.2, 0) is 6.42 Å². The first kappa shape index (κ1) is 11.3. The smallest absolute Gasteiger partial charge is 0.150 e. The van der Waals surface area contributed by atoms with Gasteiger partial charge in [-0.25, -0.2) is 4.98 Å². The summed E-state index contributed by atoms with van der Waals surface area (Å²) in [5, 5.41) is 9.30. The zero-order chi connectivity index (χ0) is 11.7. The van der Waals surface area contributed by atoms with Crippen LogP contribution in [0.5, 0.6) is 0 Å². The average molecular weight is 221 g/mol. The van der Waals surface area contributed by atoms with Crippen LogP contribution >= 0.6 is 0 Å². The van der Waals surface area contributed by atoms with Crippen molar-refractivity contribution < 1.29 is 5.11 Å². The first-order valence-electron chi connectivity index (χ1n) is 5.81. The Labute approximate surface area is 96.3 Å². The number of hydrogen-bond donors (Lipinski definition) is 1. The number of rotatable bonds is 2. The lowest BCUT2D eigenvalue weighted by atomic mass is 9.98. The Hall–Kier alpha value is -1.16. The fourth-order valence-corrected chi connectivity index (χ4v) is 2.14. The highest BCUT2D eigenvalue weighted by Gasteiger charge is 2.27. The molecule has 1 N–H and O–H groups in total. The minimum atomic E-state index is 0.220. The van der Waals surface area contributed by atoms with Crippen LogP contribution in [0.4, 0.5) is 5.82 Å². The van der Waals surface area contributed by atoms with Gasteiger partial charge in [0.05, 0.1) is 11.4 Å². The van der Waals surface area contributed by atoms with Gasteiger partial charge in [-0.3, -0.25) is 4.98 Å². The topological polar surface area (TPSA) is 49.2 Å². The Morgan fingerprint density at radius 2 is 2.31 bits per heavy atom. The predicted molar refractivity (Wildman–Crippen MR) is 63.5 cm³/mol. The average Bonchev–Trinajstić information content (AvgIpc) is 2.27. The van der Waals surface area contributed by atoms with Crippen LogP contribution in [0.3, 0.4) is 0 Å². The molecule has 1 aromatic rings. The fourth-order valence-electron chi connectivity index (χ4n) is 2.14. The molecular weight excluding hydrogens is 202 g/mol. The van der Waals surface area contributed by atoms with Gasteiger partial charge in [-0.15, -0.1) is 0 Å². The second kappa shape index (κ2) is 4.37. The molecule has 0 aromatic carbocycles. The molecule has 0 aliphatic carbocycles. The summed E-state index contributed by atoms with van der Waals surface area (Å²) in [6.45, 7) is 7.35. The molecule has 0 radical (unpaired) electrons. The minimum Gasteiger partial charge on any atom is -0.396 e. The molecule has 1 unspecified atom stereocenters. The van der Waals surface area contributed by atoms with E-state index in [2.05, 4.69) is 28.7 Å². The van der Waals surface area contributed by atoms with Gasteiger partial charge in [0.15, 0.2) is 5.82 Å². The van der Waals surface area contributed by atoms with Crippen molar-refractivity contribution in [3.63, 3.8) is 0 Å². The van der Waals surface area contributed by atoms with E-state index in [9.17, 15) is 5.11 Å². The zero-order valence-electron chi connectivity index (χ0n) is 10.1. The standard InChI is InChI=1S/C12H19N3O/c1-8(2)15-6-10(7-16)4-11-12(15)14-9(3)5-13-11/h5,8,10,16H,4,6-7H2,1-3H3.